The van der Waals surface area contributed by atoms with Gasteiger partial charge < -0.3 is 17.3 Å². The lowest BCUT2D eigenvalue weighted by Gasteiger charge is -1.94. The number of hydrogen-bond acceptors (Lipinski definition) is 1. The number of hydrogen-bond donors (Lipinski definition) is 0. The van der Waals surface area contributed by atoms with Crippen molar-refractivity contribution in [2.24, 2.45) is 0 Å². The Labute approximate surface area is 71.0 Å². The molecule has 0 heterocycles. The Morgan fingerprint density at radius 2 is 1.45 bits per heavy atom. The second-order valence-corrected chi connectivity index (χ2v) is 6.65. The zero-order chi connectivity index (χ0) is 9.49. The fourth-order valence-electron chi connectivity index (χ4n) is 0.236. The van der Waals surface area contributed by atoms with Gasteiger partial charge in [-0.05, 0) is 0 Å². The van der Waals surface area contributed by atoms with Crippen molar-refractivity contribution in [3.05, 3.63) is 0 Å². The fourth-order valence-corrected chi connectivity index (χ4v) is 2.12. The van der Waals surface area contributed by atoms with E-state index < -0.39 is 7.25 Å². The minimum absolute atomic E-state index is 0.601. The van der Waals surface area contributed by atoms with Gasteiger partial charge in [0.25, 0.3) is 0 Å². The van der Waals surface area contributed by atoms with Gasteiger partial charge in [-0.2, -0.15) is 0 Å². The number of halogens is 4. The molecule has 0 saturated carbocycles. The molecule has 0 aromatic heterocycles. The van der Waals surface area contributed by atoms with Crippen molar-refractivity contribution >= 4 is 28.0 Å². The Morgan fingerprint density at radius 1 is 1.18 bits per heavy atom. The first kappa shape index (κ1) is 14.0. The molecular formula is C4H11BF4S2. The lowest BCUT2D eigenvalue weighted by atomic mass is 10.3. The van der Waals surface area contributed by atoms with Crippen molar-refractivity contribution in [3.63, 3.8) is 0 Å². The summed E-state index contributed by atoms with van der Waals surface area (Å²) >= 11 is 0. The van der Waals surface area contributed by atoms with Crippen LogP contribution in [-0.2, 0) is 9.93 Å². The Bertz CT molecular complexity index is 78.7. The van der Waals surface area contributed by atoms with Crippen LogP contribution in [0.3, 0.4) is 0 Å². The van der Waals surface area contributed by atoms with Crippen LogP contribution < -0.4 is 0 Å². The van der Waals surface area contributed by atoms with E-state index in [2.05, 4.69) is 19.4 Å². The van der Waals surface area contributed by atoms with E-state index in [0.717, 1.165) is 0 Å². The smallest absolute Gasteiger partial charge is 0.418 e. The predicted molar refractivity (Wildman–Crippen MR) is 47.5 cm³/mol. The standard InChI is InChI=1S/C4H11S2.BF4/c1-4-5-6(2)3;2-1(3,4)5/h4H2,1-3H3;/q+1;-1. The van der Waals surface area contributed by atoms with Crippen LogP contribution in [0.4, 0.5) is 17.3 Å². The molecule has 0 aromatic carbocycles. The van der Waals surface area contributed by atoms with Crippen LogP contribution in [0.1, 0.15) is 6.92 Å². The second-order valence-electron chi connectivity index (χ2n) is 1.64. The Kier molecular flexibility index (Phi) is 9.12. The molecule has 0 aliphatic heterocycles. The van der Waals surface area contributed by atoms with Crippen molar-refractivity contribution in [3.8, 4) is 0 Å². The highest BCUT2D eigenvalue weighted by Crippen LogP contribution is 2.07. The van der Waals surface area contributed by atoms with Crippen molar-refractivity contribution in [1.82, 2.24) is 0 Å². The van der Waals surface area contributed by atoms with Gasteiger partial charge in [0, 0.05) is 5.75 Å². The predicted octanol–water partition coefficient (Wildman–Crippen LogP) is 2.83. The van der Waals surface area contributed by atoms with E-state index >= 15 is 0 Å². The summed E-state index contributed by atoms with van der Waals surface area (Å²) in [5.74, 6) is 1.26. The first-order chi connectivity index (χ1) is 4.77. The maximum Gasteiger partial charge on any atom is 0.673 e. The van der Waals surface area contributed by atoms with E-state index in [-0.39, 0.29) is 0 Å². The zero-order valence-corrected chi connectivity index (χ0v) is 8.25. The van der Waals surface area contributed by atoms with Gasteiger partial charge in [0.05, 0.1) is 20.7 Å². The molecule has 0 aliphatic carbocycles. The van der Waals surface area contributed by atoms with E-state index in [9.17, 15) is 17.3 Å². The van der Waals surface area contributed by atoms with Crippen molar-refractivity contribution in [2.45, 2.75) is 6.92 Å². The quantitative estimate of drug-likeness (QED) is 0.292. The number of rotatable bonds is 2. The average molecular weight is 210 g/mol. The van der Waals surface area contributed by atoms with Gasteiger partial charge >= 0.3 is 7.25 Å². The van der Waals surface area contributed by atoms with E-state index in [1.54, 1.807) is 0 Å². The summed E-state index contributed by atoms with van der Waals surface area (Å²) in [6.45, 7) is 2.19. The van der Waals surface area contributed by atoms with Crippen molar-refractivity contribution in [2.75, 3.05) is 18.3 Å². The maximum atomic E-state index is 9.75. The lowest BCUT2D eigenvalue weighted by molar-refractivity contribution is 0.368. The molecule has 0 radical (unpaired) electrons. The Hall–Kier alpha value is 0.485. The normalized spacial score (nSPS) is 10.9. The molecule has 0 atom stereocenters. The summed E-state index contributed by atoms with van der Waals surface area (Å²) in [6, 6.07) is 0. The molecule has 0 spiro atoms. The van der Waals surface area contributed by atoms with Crippen LogP contribution >= 0.6 is 10.8 Å². The zero-order valence-electron chi connectivity index (χ0n) is 6.61. The molecule has 0 bridgehead atoms. The van der Waals surface area contributed by atoms with E-state index in [4.69, 9.17) is 0 Å². The van der Waals surface area contributed by atoms with Gasteiger partial charge in [-0.25, -0.2) is 0 Å². The van der Waals surface area contributed by atoms with Gasteiger partial charge in [-0.15, -0.1) is 0 Å². The van der Waals surface area contributed by atoms with Gasteiger partial charge in [0.15, 0.2) is 0 Å². The minimum atomic E-state index is -6.00. The fraction of sp³-hybridized carbons (Fsp3) is 1.00. The summed E-state index contributed by atoms with van der Waals surface area (Å²) in [6.07, 6.45) is 4.49. The summed E-state index contributed by atoms with van der Waals surface area (Å²) < 4.78 is 39.0. The molecule has 0 aromatic rings. The van der Waals surface area contributed by atoms with Crippen molar-refractivity contribution in [1.29, 1.82) is 0 Å². The van der Waals surface area contributed by atoms with Crippen LogP contribution in [-0.4, -0.2) is 25.5 Å². The molecule has 0 N–H and O–H groups in total. The highest BCUT2D eigenvalue weighted by Gasteiger charge is 2.20. The van der Waals surface area contributed by atoms with Crippen LogP contribution in [0.5, 0.6) is 0 Å². The lowest BCUT2D eigenvalue weighted by Crippen LogP contribution is -2.02. The van der Waals surface area contributed by atoms with E-state index in [1.165, 1.54) is 5.75 Å². The van der Waals surface area contributed by atoms with Crippen LogP contribution in [0.15, 0.2) is 0 Å². The highest BCUT2D eigenvalue weighted by molar-refractivity contribution is 8.73. The summed E-state index contributed by atoms with van der Waals surface area (Å²) in [4.78, 5) is 0. The van der Waals surface area contributed by atoms with Gasteiger partial charge in [-0.1, -0.05) is 6.92 Å². The molecule has 0 rings (SSSR count). The van der Waals surface area contributed by atoms with E-state index in [0.29, 0.717) is 9.93 Å². The van der Waals surface area contributed by atoms with Gasteiger partial charge in [0.1, 0.15) is 12.5 Å². The van der Waals surface area contributed by atoms with Crippen molar-refractivity contribution < 1.29 is 17.3 Å². The molecule has 0 aliphatic rings. The van der Waals surface area contributed by atoms with Crippen LogP contribution in [0, 0.1) is 0 Å². The first-order valence-corrected chi connectivity index (χ1v) is 6.40. The molecule has 0 unspecified atom stereocenters. The Morgan fingerprint density at radius 3 is 1.45 bits per heavy atom. The molecule has 7 heteroatoms. The first-order valence-electron chi connectivity index (χ1n) is 2.85. The topological polar surface area (TPSA) is 0 Å². The third kappa shape index (κ3) is 62.2. The second kappa shape index (κ2) is 7.15. The maximum absolute atomic E-state index is 9.75. The molecular weight excluding hydrogens is 199 g/mol. The van der Waals surface area contributed by atoms with Crippen LogP contribution in [0.2, 0.25) is 0 Å². The molecule has 11 heavy (non-hydrogen) atoms. The van der Waals surface area contributed by atoms with Gasteiger partial charge in [-0.3, -0.25) is 0 Å². The molecule has 70 valence electrons. The summed E-state index contributed by atoms with van der Waals surface area (Å²) in [5.41, 5.74) is 0. The average Bonchev–Trinajstić information content (AvgIpc) is 1.58. The van der Waals surface area contributed by atoms with E-state index in [1.807, 2.05) is 10.8 Å². The monoisotopic (exact) mass is 210 g/mol. The highest BCUT2D eigenvalue weighted by atomic mass is 33.1. The summed E-state index contributed by atoms with van der Waals surface area (Å²) in [5, 5.41) is 0. The molecule has 0 fully saturated rings. The third-order valence-corrected chi connectivity index (χ3v) is 3.18. The van der Waals surface area contributed by atoms with Crippen LogP contribution in [0.25, 0.3) is 0 Å². The third-order valence-electron chi connectivity index (χ3n) is 0.354. The molecule has 0 amide bonds. The van der Waals surface area contributed by atoms with Gasteiger partial charge in [0.2, 0.25) is 0 Å². The molecule has 0 saturated heterocycles. The Balaban J connectivity index is 0. The largest absolute Gasteiger partial charge is 0.673 e. The molecule has 0 nitrogen and oxygen atoms in total. The SMILES string of the molecule is CCS[S+](C)C.F[B-](F)(F)F. The summed E-state index contributed by atoms with van der Waals surface area (Å²) in [7, 11) is -3.39. The minimum Gasteiger partial charge on any atom is -0.418 e.